The van der Waals surface area contributed by atoms with Crippen LogP contribution in [0.2, 0.25) is 0 Å². The molecule has 0 heterocycles. The highest BCUT2D eigenvalue weighted by Gasteiger charge is 2.18. The van der Waals surface area contributed by atoms with Crippen LogP contribution in [0.5, 0.6) is 0 Å². The largest absolute Gasteiger partial charge is 0.311 e. The second kappa shape index (κ2) is 9.73. The molecule has 0 saturated heterocycles. The highest BCUT2D eigenvalue weighted by atomic mass is 15.2. The van der Waals surface area contributed by atoms with Crippen molar-refractivity contribution in [2.24, 2.45) is 0 Å². The summed E-state index contributed by atoms with van der Waals surface area (Å²) in [5.74, 6) is 0. The van der Waals surface area contributed by atoms with Gasteiger partial charge in [-0.25, -0.2) is 0 Å². The van der Waals surface area contributed by atoms with Gasteiger partial charge in [0.05, 0.1) is 0 Å². The predicted octanol–water partition coefficient (Wildman–Crippen LogP) is 2.82. The Morgan fingerprint density at radius 1 is 1.05 bits per heavy atom. The van der Waals surface area contributed by atoms with Gasteiger partial charge in [0.1, 0.15) is 0 Å². The van der Waals surface area contributed by atoms with Crippen LogP contribution in [0.4, 0.5) is 0 Å². The fraction of sp³-hybridized carbons (Fsp3) is 1.00. The van der Waals surface area contributed by atoms with Crippen molar-refractivity contribution in [1.29, 1.82) is 0 Å². The molecule has 3 nitrogen and oxygen atoms in total. The molecule has 0 aromatic carbocycles. The van der Waals surface area contributed by atoms with E-state index < -0.39 is 0 Å². The monoisotopic (exact) mass is 271 g/mol. The van der Waals surface area contributed by atoms with E-state index in [-0.39, 0.29) is 5.54 Å². The number of hydrogen-bond donors (Lipinski definition) is 1. The van der Waals surface area contributed by atoms with Gasteiger partial charge in [0.25, 0.3) is 0 Å². The lowest BCUT2D eigenvalue weighted by Crippen LogP contribution is -2.48. The summed E-state index contributed by atoms with van der Waals surface area (Å²) in [5.41, 5.74) is 0.217. The van der Waals surface area contributed by atoms with Crippen molar-refractivity contribution in [2.75, 3.05) is 40.3 Å². The molecule has 0 aromatic rings. The minimum Gasteiger partial charge on any atom is -0.311 e. The minimum atomic E-state index is 0.217. The van der Waals surface area contributed by atoms with Crippen molar-refractivity contribution in [3.63, 3.8) is 0 Å². The first-order valence-corrected chi connectivity index (χ1v) is 7.94. The lowest BCUT2D eigenvalue weighted by Gasteiger charge is -2.34. The van der Waals surface area contributed by atoms with E-state index in [1.807, 2.05) is 0 Å². The van der Waals surface area contributed by atoms with Crippen LogP contribution in [0.1, 0.15) is 53.9 Å². The quantitative estimate of drug-likeness (QED) is 0.659. The van der Waals surface area contributed by atoms with Crippen LogP contribution in [-0.4, -0.2) is 61.7 Å². The molecule has 0 aliphatic carbocycles. The number of nitrogens with zero attached hydrogens (tertiary/aromatic N) is 2. The summed E-state index contributed by atoms with van der Waals surface area (Å²) >= 11 is 0. The zero-order valence-electron chi connectivity index (χ0n) is 14.4. The second-order valence-electron chi connectivity index (χ2n) is 6.86. The van der Waals surface area contributed by atoms with Crippen molar-refractivity contribution in [3.8, 4) is 0 Å². The van der Waals surface area contributed by atoms with Crippen LogP contribution in [0.25, 0.3) is 0 Å². The van der Waals surface area contributed by atoms with Gasteiger partial charge in [-0.2, -0.15) is 0 Å². The highest BCUT2D eigenvalue weighted by Crippen LogP contribution is 2.09. The summed E-state index contributed by atoms with van der Waals surface area (Å²) in [7, 11) is 4.31. The Kier molecular flexibility index (Phi) is 9.67. The zero-order chi connectivity index (χ0) is 14.9. The van der Waals surface area contributed by atoms with Crippen LogP contribution in [-0.2, 0) is 0 Å². The SMILES string of the molecule is CCCC(CNC(C)(C)C)N(CC)CCCN(C)C. The van der Waals surface area contributed by atoms with E-state index in [1.54, 1.807) is 0 Å². The van der Waals surface area contributed by atoms with E-state index >= 15 is 0 Å². The van der Waals surface area contributed by atoms with Gasteiger partial charge in [0, 0.05) is 18.1 Å². The first-order valence-electron chi connectivity index (χ1n) is 7.94. The van der Waals surface area contributed by atoms with Gasteiger partial charge in [-0.15, -0.1) is 0 Å². The molecular weight excluding hydrogens is 234 g/mol. The van der Waals surface area contributed by atoms with Gasteiger partial charge < -0.3 is 10.2 Å². The number of likely N-dealkylation sites (N-methyl/N-ethyl adjacent to an activating group) is 1. The summed E-state index contributed by atoms with van der Waals surface area (Å²) in [6.07, 6.45) is 3.82. The van der Waals surface area contributed by atoms with Crippen LogP contribution in [0.15, 0.2) is 0 Å². The molecule has 0 fully saturated rings. The van der Waals surface area contributed by atoms with E-state index in [1.165, 1.54) is 32.4 Å². The molecule has 0 aromatic heterocycles. The Morgan fingerprint density at radius 2 is 1.68 bits per heavy atom. The van der Waals surface area contributed by atoms with Crippen molar-refractivity contribution in [2.45, 2.75) is 65.5 Å². The maximum Gasteiger partial charge on any atom is 0.0220 e. The Balaban J connectivity index is 4.27. The third-order valence-electron chi connectivity index (χ3n) is 3.46. The van der Waals surface area contributed by atoms with E-state index in [0.717, 1.165) is 13.1 Å². The lowest BCUT2D eigenvalue weighted by molar-refractivity contribution is 0.173. The molecule has 0 amide bonds. The minimum absolute atomic E-state index is 0.217. The van der Waals surface area contributed by atoms with Crippen molar-refractivity contribution in [1.82, 2.24) is 15.1 Å². The van der Waals surface area contributed by atoms with Crippen molar-refractivity contribution >= 4 is 0 Å². The molecular formula is C16H37N3. The Labute approximate surface area is 121 Å². The molecule has 0 bridgehead atoms. The molecule has 0 aliphatic rings. The molecule has 3 heteroatoms. The van der Waals surface area contributed by atoms with Crippen molar-refractivity contribution in [3.05, 3.63) is 0 Å². The van der Waals surface area contributed by atoms with Gasteiger partial charge in [-0.3, -0.25) is 4.90 Å². The molecule has 0 rings (SSSR count). The van der Waals surface area contributed by atoms with Gasteiger partial charge in [0.15, 0.2) is 0 Å². The van der Waals surface area contributed by atoms with Crippen LogP contribution in [0.3, 0.4) is 0 Å². The molecule has 19 heavy (non-hydrogen) atoms. The predicted molar refractivity (Wildman–Crippen MR) is 86.9 cm³/mol. The van der Waals surface area contributed by atoms with E-state index in [0.29, 0.717) is 6.04 Å². The van der Waals surface area contributed by atoms with E-state index in [4.69, 9.17) is 0 Å². The summed E-state index contributed by atoms with van der Waals surface area (Å²) in [5, 5.41) is 3.67. The molecule has 1 N–H and O–H groups in total. The fourth-order valence-corrected chi connectivity index (χ4v) is 2.36. The van der Waals surface area contributed by atoms with Crippen molar-refractivity contribution < 1.29 is 0 Å². The first-order chi connectivity index (χ1) is 8.80. The average Bonchev–Trinajstić information content (AvgIpc) is 2.29. The molecule has 0 spiro atoms. The summed E-state index contributed by atoms with van der Waals surface area (Å²) in [6.45, 7) is 16.0. The molecule has 0 saturated carbocycles. The fourth-order valence-electron chi connectivity index (χ4n) is 2.36. The molecule has 0 aliphatic heterocycles. The molecule has 116 valence electrons. The summed E-state index contributed by atoms with van der Waals surface area (Å²) < 4.78 is 0. The Hall–Kier alpha value is -0.120. The maximum absolute atomic E-state index is 3.67. The Morgan fingerprint density at radius 3 is 2.11 bits per heavy atom. The number of hydrogen-bond acceptors (Lipinski definition) is 3. The number of rotatable bonds is 10. The second-order valence-corrected chi connectivity index (χ2v) is 6.86. The summed E-state index contributed by atoms with van der Waals surface area (Å²) in [6, 6.07) is 0.677. The average molecular weight is 271 g/mol. The third kappa shape index (κ3) is 10.3. The topological polar surface area (TPSA) is 18.5 Å². The summed E-state index contributed by atoms with van der Waals surface area (Å²) in [4.78, 5) is 4.92. The van der Waals surface area contributed by atoms with Gasteiger partial charge in [-0.05, 0) is 67.3 Å². The highest BCUT2D eigenvalue weighted by molar-refractivity contribution is 4.78. The molecule has 1 atom stereocenters. The van der Waals surface area contributed by atoms with E-state index in [2.05, 4.69) is 63.8 Å². The molecule has 1 unspecified atom stereocenters. The van der Waals surface area contributed by atoms with Gasteiger partial charge >= 0.3 is 0 Å². The standard InChI is InChI=1S/C16H37N3/c1-8-11-15(14-17-16(3,4)5)19(9-2)13-10-12-18(6)7/h15,17H,8-14H2,1-7H3. The van der Waals surface area contributed by atoms with Crippen LogP contribution >= 0.6 is 0 Å². The lowest BCUT2D eigenvalue weighted by atomic mass is 10.1. The van der Waals surface area contributed by atoms with Crippen LogP contribution < -0.4 is 5.32 Å². The molecule has 0 radical (unpaired) electrons. The van der Waals surface area contributed by atoms with Crippen LogP contribution in [0, 0.1) is 0 Å². The smallest absolute Gasteiger partial charge is 0.0220 e. The maximum atomic E-state index is 3.67. The van der Waals surface area contributed by atoms with Gasteiger partial charge in [0.2, 0.25) is 0 Å². The first kappa shape index (κ1) is 18.9. The number of nitrogens with one attached hydrogen (secondary N) is 1. The zero-order valence-corrected chi connectivity index (χ0v) is 14.4. The third-order valence-corrected chi connectivity index (χ3v) is 3.46. The van der Waals surface area contributed by atoms with Gasteiger partial charge in [-0.1, -0.05) is 20.3 Å². The Bertz CT molecular complexity index is 209. The van der Waals surface area contributed by atoms with E-state index in [9.17, 15) is 0 Å². The normalized spacial score (nSPS) is 14.4.